The van der Waals surface area contributed by atoms with E-state index in [1.807, 2.05) is 0 Å². The third kappa shape index (κ3) is 3.84. The van der Waals surface area contributed by atoms with Crippen molar-refractivity contribution in [3.05, 3.63) is 51.4 Å². The predicted octanol–water partition coefficient (Wildman–Crippen LogP) is 3.24. The van der Waals surface area contributed by atoms with E-state index in [9.17, 15) is 8.42 Å². The molecule has 0 spiro atoms. The van der Waals surface area contributed by atoms with E-state index in [2.05, 4.69) is 4.72 Å². The van der Waals surface area contributed by atoms with Gasteiger partial charge < -0.3 is 5.11 Å². The summed E-state index contributed by atoms with van der Waals surface area (Å²) in [5, 5.41) is 9.77. The maximum Gasteiger partial charge on any atom is 0.250 e. The van der Waals surface area contributed by atoms with Crippen LogP contribution in [0.4, 0.5) is 0 Å². The van der Waals surface area contributed by atoms with Crippen molar-refractivity contribution in [3.8, 4) is 0 Å². The first-order valence-corrected chi connectivity index (χ1v) is 8.99. The molecule has 0 saturated heterocycles. The Balaban J connectivity index is 2.22. The summed E-state index contributed by atoms with van der Waals surface area (Å²) in [7, 11) is -3.61. The smallest absolute Gasteiger partial charge is 0.250 e. The summed E-state index contributed by atoms with van der Waals surface area (Å²) < 4.78 is 27.6. The molecule has 0 amide bonds. The number of benzene rings is 1. The van der Waals surface area contributed by atoms with Crippen LogP contribution in [0.1, 0.15) is 29.0 Å². The average molecular weight is 346 g/mol. The zero-order chi connectivity index (χ0) is 15.6. The lowest BCUT2D eigenvalue weighted by atomic mass is 10.1. The van der Waals surface area contributed by atoms with Crippen LogP contribution in [0.25, 0.3) is 0 Å². The molecule has 1 aromatic heterocycles. The minimum absolute atomic E-state index is 0.154. The van der Waals surface area contributed by atoms with Gasteiger partial charge in [0.15, 0.2) is 0 Å². The molecule has 114 valence electrons. The molecule has 4 nitrogen and oxygen atoms in total. The quantitative estimate of drug-likeness (QED) is 0.874. The summed E-state index contributed by atoms with van der Waals surface area (Å²) in [5.74, 6) is 0. The number of aryl methyl sites for hydroxylation is 1. The molecule has 0 bridgehead atoms. The Labute approximate surface area is 133 Å². The van der Waals surface area contributed by atoms with Gasteiger partial charge in [-0.05, 0) is 43.2 Å². The highest BCUT2D eigenvalue weighted by Gasteiger charge is 2.21. The van der Waals surface area contributed by atoms with Crippen LogP contribution < -0.4 is 4.72 Å². The molecule has 2 N–H and O–H groups in total. The normalized spacial score (nSPS) is 13.3. The third-order valence-electron chi connectivity index (χ3n) is 3.11. The molecule has 1 aromatic carbocycles. The van der Waals surface area contributed by atoms with Crippen LogP contribution in [0.5, 0.6) is 0 Å². The number of halogens is 1. The zero-order valence-corrected chi connectivity index (χ0v) is 14.0. The topological polar surface area (TPSA) is 66.4 Å². The van der Waals surface area contributed by atoms with Crippen LogP contribution in [0.3, 0.4) is 0 Å². The summed E-state index contributed by atoms with van der Waals surface area (Å²) in [5.41, 5.74) is 1.61. The molecular formula is C14H16ClNO3S2. The molecule has 0 aliphatic rings. The fourth-order valence-corrected chi connectivity index (χ4v) is 4.71. The summed E-state index contributed by atoms with van der Waals surface area (Å²) in [4.78, 5) is 0.662. The van der Waals surface area contributed by atoms with Crippen LogP contribution in [0.2, 0.25) is 5.02 Å². The van der Waals surface area contributed by atoms with Gasteiger partial charge in [-0.15, -0.1) is 11.3 Å². The molecule has 0 radical (unpaired) electrons. The Kier molecular flexibility index (Phi) is 5.06. The van der Waals surface area contributed by atoms with Crippen molar-refractivity contribution in [1.82, 2.24) is 4.72 Å². The van der Waals surface area contributed by atoms with E-state index in [0.29, 0.717) is 9.90 Å². The first-order chi connectivity index (χ1) is 9.83. The van der Waals surface area contributed by atoms with Crippen molar-refractivity contribution in [3.63, 3.8) is 0 Å². The molecule has 0 aliphatic heterocycles. The second-order valence-electron chi connectivity index (χ2n) is 4.72. The lowest BCUT2D eigenvalue weighted by molar-refractivity contribution is 0.285. The van der Waals surface area contributed by atoms with Crippen molar-refractivity contribution < 1.29 is 13.5 Å². The Morgan fingerprint density at radius 2 is 1.95 bits per heavy atom. The van der Waals surface area contributed by atoms with Gasteiger partial charge in [-0.2, -0.15) is 0 Å². The van der Waals surface area contributed by atoms with E-state index < -0.39 is 10.0 Å². The van der Waals surface area contributed by atoms with Gasteiger partial charge in [0.25, 0.3) is 10.0 Å². The van der Waals surface area contributed by atoms with E-state index in [1.54, 1.807) is 44.2 Å². The molecular weight excluding hydrogens is 330 g/mol. The van der Waals surface area contributed by atoms with Crippen LogP contribution in [-0.4, -0.2) is 13.5 Å². The van der Waals surface area contributed by atoms with Gasteiger partial charge in [-0.1, -0.05) is 23.7 Å². The van der Waals surface area contributed by atoms with Crippen molar-refractivity contribution in [2.75, 3.05) is 0 Å². The molecule has 0 fully saturated rings. The Hall–Kier alpha value is -0.920. The van der Waals surface area contributed by atoms with E-state index in [1.165, 1.54) is 0 Å². The Morgan fingerprint density at radius 1 is 1.33 bits per heavy atom. The van der Waals surface area contributed by atoms with E-state index in [-0.39, 0.29) is 16.9 Å². The van der Waals surface area contributed by atoms with E-state index in [4.69, 9.17) is 16.7 Å². The lowest BCUT2D eigenvalue weighted by Crippen LogP contribution is -2.26. The number of aliphatic hydroxyl groups excluding tert-OH is 1. The highest BCUT2D eigenvalue weighted by atomic mass is 35.5. The third-order valence-corrected chi connectivity index (χ3v) is 6.60. The van der Waals surface area contributed by atoms with Crippen molar-refractivity contribution in [2.45, 2.75) is 30.7 Å². The summed E-state index contributed by atoms with van der Waals surface area (Å²) in [6, 6.07) is 8.23. The van der Waals surface area contributed by atoms with Gasteiger partial charge in [0, 0.05) is 15.9 Å². The van der Waals surface area contributed by atoms with Gasteiger partial charge >= 0.3 is 0 Å². The number of rotatable bonds is 5. The first-order valence-electron chi connectivity index (χ1n) is 6.31. The molecule has 2 aromatic rings. The summed E-state index contributed by atoms with van der Waals surface area (Å²) in [6.07, 6.45) is 0. The van der Waals surface area contributed by atoms with Crippen LogP contribution in [-0.2, 0) is 16.6 Å². The Morgan fingerprint density at radius 3 is 2.48 bits per heavy atom. The SMILES string of the molecule is Cc1cc(S(=O)(=O)NC(C)c2ccc(Cl)cc2)sc1CO. The first kappa shape index (κ1) is 16.5. The molecule has 0 saturated carbocycles. The number of nitrogens with one attached hydrogen (secondary N) is 1. The maximum atomic E-state index is 12.4. The van der Waals surface area contributed by atoms with Crippen LogP contribution >= 0.6 is 22.9 Å². The second-order valence-corrected chi connectivity index (χ2v) is 8.24. The number of hydrogen-bond acceptors (Lipinski definition) is 4. The van der Waals surface area contributed by atoms with Crippen molar-refractivity contribution in [2.24, 2.45) is 0 Å². The number of aliphatic hydroxyl groups is 1. The summed E-state index contributed by atoms with van der Waals surface area (Å²) >= 11 is 6.91. The molecule has 0 aliphatic carbocycles. The van der Waals surface area contributed by atoms with Gasteiger partial charge in [-0.25, -0.2) is 13.1 Å². The van der Waals surface area contributed by atoms with Crippen LogP contribution in [0, 0.1) is 6.92 Å². The van der Waals surface area contributed by atoms with Gasteiger partial charge in [0.2, 0.25) is 0 Å². The van der Waals surface area contributed by atoms with Gasteiger partial charge in [-0.3, -0.25) is 0 Å². The van der Waals surface area contributed by atoms with Crippen molar-refractivity contribution in [1.29, 1.82) is 0 Å². The number of sulfonamides is 1. The lowest BCUT2D eigenvalue weighted by Gasteiger charge is -2.13. The second kappa shape index (κ2) is 6.46. The molecule has 7 heteroatoms. The molecule has 1 heterocycles. The van der Waals surface area contributed by atoms with Gasteiger partial charge in [0.1, 0.15) is 4.21 Å². The van der Waals surface area contributed by atoms with Gasteiger partial charge in [0.05, 0.1) is 6.61 Å². The molecule has 1 atom stereocenters. The standard InChI is InChI=1S/C14H16ClNO3S2/c1-9-7-14(20-13(9)8-17)21(18,19)16-10(2)11-3-5-12(15)6-4-11/h3-7,10,16-17H,8H2,1-2H3. The fraction of sp³-hybridized carbons (Fsp3) is 0.286. The highest BCUT2D eigenvalue weighted by Crippen LogP contribution is 2.27. The monoisotopic (exact) mass is 345 g/mol. The maximum absolute atomic E-state index is 12.4. The minimum atomic E-state index is -3.61. The molecule has 21 heavy (non-hydrogen) atoms. The van der Waals surface area contributed by atoms with Crippen LogP contribution in [0.15, 0.2) is 34.5 Å². The fourth-order valence-electron chi connectivity index (χ4n) is 1.89. The largest absolute Gasteiger partial charge is 0.391 e. The number of hydrogen-bond donors (Lipinski definition) is 2. The number of thiophene rings is 1. The predicted molar refractivity (Wildman–Crippen MR) is 85.2 cm³/mol. The average Bonchev–Trinajstić information content (AvgIpc) is 2.81. The zero-order valence-electron chi connectivity index (χ0n) is 11.6. The molecule has 1 unspecified atom stereocenters. The summed E-state index contributed by atoms with van der Waals surface area (Å²) in [6.45, 7) is 3.40. The highest BCUT2D eigenvalue weighted by molar-refractivity contribution is 7.91. The van der Waals surface area contributed by atoms with Crippen molar-refractivity contribution >= 4 is 33.0 Å². The molecule has 2 rings (SSSR count). The van der Waals surface area contributed by atoms with E-state index in [0.717, 1.165) is 22.5 Å². The Bertz CT molecular complexity index is 723. The minimum Gasteiger partial charge on any atom is -0.391 e. The van der Waals surface area contributed by atoms with E-state index >= 15 is 0 Å².